The van der Waals surface area contributed by atoms with E-state index in [4.69, 9.17) is 11.6 Å². The van der Waals surface area contributed by atoms with E-state index >= 15 is 0 Å². The molecule has 2 amide bonds. The summed E-state index contributed by atoms with van der Waals surface area (Å²) >= 11 is 6.06. The molecule has 0 bridgehead atoms. The summed E-state index contributed by atoms with van der Waals surface area (Å²) in [7, 11) is 0. The quantitative estimate of drug-likeness (QED) is 0.783. The molecular formula is C19H13ClN2O2. The first-order chi connectivity index (χ1) is 11.6. The molecule has 4 rings (SSSR count). The minimum atomic E-state index is -0.291. The van der Waals surface area contributed by atoms with Gasteiger partial charge in [-0.15, -0.1) is 0 Å². The van der Waals surface area contributed by atoms with Crippen molar-refractivity contribution in [2.45, 2.75) is 0 Å². The molecule has 0 fully saturated rings. The number of hydrogen-bond acceptors (Lipinski definition) is 2. The minimum Gasteiger partial charge on any atom is -0.323 e. The van der Waals surface area contributed by atoms with Crippen LogP contribution in [0.15, 0.2) is 60.7 Å². The molecule has 0 spiro atoms. The van der Waals surface area contributed by atoms with Gasteiger partial charge in [0.2, 0.25) is 5.91 Å². The van der Waals surface area contributed by atoms with E-state index in [2.05, 4.69) is 5.32 Å². The largest absolute Gasteiger partial charge is 0.323 e. The summed E-state index contributed by atoms with van der Waals surface area (Å²) in [5.74, 6) is -0.447. The monoisotopic (exact) mass is 336 g/mol. The van der Waals surface area contributed by atoms with Crippen LogP contribution in [-0.2, 0) is 4.79 Å². The van der Waals surface area contributed by atoms with E-state index < -0.39 is 0 Å². The molecule has 118 valence electrons. The third-order valence-corrected chi connectivity index (χ3v) is 4.43. The van der Waals surface area contributed by atoms with Gasteiger partial charge in [0.1, 0.15) is 6.54 Å². The smallest absolute Gasteiger partial charge is 0.259 e. The zero-order valence-corrected chi connectivity index (χ0v) is 13.4. The minimum absolute atomic E-state index is 0.0577. The Balaban J connectivity index is 1.62. The third-order valence-electron chi connectivity index (χ3n) is 4.10. The Labute approximate surface area is 143 Å². The summed E-state index contributed by atoms with van der Waals surface area (Å²) < 4.78 is 0. The van der Waals surface area contributed by atoms with Gasteiger partial charge < -0.3 is 5.32 Å². The molecular weight excluding hydrogens is 324 g/mol. The van der Waals surface area contributed by atoms with Crippen LogP contribution in [0.25, 0.3) is 10.8 Å². The first-order valence-corrected chi connectivity index (χ1v) is 7.91. The average molecular weight is 337 g/mol. The van der Waals surface area contributed by atoms with E-state index in [1.807, 2.05) is 30.3 Å². The number of hydrogen-bond donors (Lipinski definition) is 1. The van der Waals surface area contributed by atoms with Crippen LogP contribution in [0.4, 0.5) is 11.4 Å². The van der Waals surface area contributed by atoms with E-state index in [1.165, 1.54) is 4.90 Å². The summed E-state index contributed by atoms with van der Waals surface area (Å²) in [6.07, 6.45) is 0. The third kappa shape index (κ3) is 2.32. The molecule has 0 radical (unpaired) electrons. The molecule has 3 aromatic rings. The van der Waals surface area contributed by atoms with Gasteiger partial charge in [-0.3, -0.25) is 14.5 Å². The maximum Gasteiger partial charge on any atom is 0.259 e. The second-order valence-electron chi connectivity index (χ2n) is 5.60. The van der Waals surface area contributed by atoms with E-state index in [9.17, 15) is 9.59 Å². The van der Waals surface area contributed by atoms with Crippen molar-refractivity contribution >= 4 is 45.6 Å². The van der Waals surface area contributed by atoms with Crippen LogP contribution in [-0.4, -0.2) is 18.4 Å². The standard InChI is InChI=1S/C19H13ClN2O2/c20-14-8-1-2-9-15(14)21-17(23)11-22-16-10-4-6-12-5-3-7-13(18(12)16)19(22)24/h1-10H,11H2,(H,21,23). The van der Waals surface area contributed by atoms with Crippen molar-refractivity contribution in [3.63, 3.8) is 0 Å². The molecule has 0 atom stereocenters. The Hall–Kier alpha value is -2.85. The number of rotatable bonds is 3. The molecule has 0 saturated heterocycles. The Morgan fingerprint density at radius 3 is 2.54 bits per heavy atom. The number of nitrogens with zero attached hydrogens (tertiary/aromatic N) is 1. The maximum atomic E-state index is 12.7. The van der Waals surface area contributed by atoms with Gasteiger partial charge in [0.15, 0.2) is 0 Å². The second-order valence-corrected chi connectivity index (χ2v) is 6.01. The van der Waals surface area contributed by atoms with E-state index in [0.717, 1.165) is 16.5 Å². The molecule has 1 N–H and O–H groups in total. The number of carbonyl (C=O) groups is 2. The lowest BCUT2D eigenvalue weighted by atomic mass is 10.1. The Morgan fingerprint density at radius 2 is 1.75 bits per heavy atom. The topological polar surface area (TPSA) is 49.4 Å². The fourth-order valence-corrected chi connectivity index (χ4v) is 3.22. The highest BCUT2D eigenvalue weighted by molar-refractivity contribution is 6.33. The second kappa shape index (κ2) is 5.65. The van der Waals surface area contributed by atoms with Crippen LogP contribution in [0.5, 0.6) is 0 Å². The van der Waals surface area contributed by atoms with Crippen LogP contribution in [0, 0.1) is 0 Å². The van der Waals surface area contributed by atoms with Crippen LogP contribution in [0.1, 0.15) is 10.4 Å². The number of benzene rings is 3. The van der Waals surface area contributed by atoms with Crippen LogP contribution in [0.2, 0.25) is 5.02 Å². The van der Waals surface area contributed by atoms with Gasteiger partial charge in [-0.2, -0.15) is 0 Å². The molecule has 5 heteroatoms. The van der Waals surface area contributed by atoms with Gasteiger partial charge in [-0.05, 0) is 29.7 Å². The van der Waals surface area contributed by atoms with Crippen LogP contribution >= 0.6 is 11.6 Å². The lowest BCUT2D eigenvalue weighted by molar-refractivity contribution is -0.114. The Kier molecular flexibility index (Phi) is 3.47. The number of nitrogens with one attached hydrogen (secondary N) is 1. The average Bonchev–Trinajstić information content (AvgIpc) is 2.85. The van der Waals surface area contributed by atoms with Crippen molar-refractivity contribution in [2.75, 3.05) is 16.8 Å². The van der Waals surface area contributed by atoms with Gasteiger partial charge in [-0.1, -0.05) is 48.0 Å². The summed E-state index contributed by atoms with van der Waals surface area (Å²) in [5.41, 5.74) is 1.93. The summed E-state index contributed by atoms with van der Waals surface area (Å²) in [6, 6.07) is 18.3. The zero-order chi connectivity index (χ0) is 16.7. The number of amides is 2. The van der Waals surface area contributed by atoms with Crippen molar-refractivity contribution in [3.8, 4) is 0 Å². The predicted octanol–water partition coefficient (Wildman–Crippen LogP) is 4.09. The highest BCUT2D eigenvalue weighted by Gasteiger charge is 2.30. The first-order valence-electron chi connectivity index (χ1n) is 7.53. The fourth-order valence-electron chi connectivity index (χ4n) is 3.03. The number of carbonyl (C=O) groups excluding carboxylic acids is 2. The van der Waals surface area contributed by atoms with Crippen molar-refractivity contribution in [2.24, 2.45) is 0 Å². The van der Waals surface area contributed by atoms with E-state index in [0.29, 0.717) is 16.3 Å². The summed E-state index contributed by atoms with van der Waals surface area (Å²) in [4.78, 5) is 26.5. The molecule has 24 heavy (non-hydrogen) atoms. The lowest BCUT2D eigenvalue weighted by Crippen LogP contribution is -2.35. The van der Waals surface area contributed by atoms with Gasteiger partial charge in [0.25, 0.3) is 5.91 Å². The molecule has 0 aromatic heterocycles. The normalized spacial score (nSPS) is 12.7. The van der Waals surface area contributed by atoms with Gasteiger partial charge in [-0.25, -0.2) is 0 Å². The van der Waals surface area contributed by atoms with Crippen LogP contribution < -0.4 is 10.2 Å². The van der Waals surface area contributed by atoms with Crippen molar-refractivity contribution < 1.29 is 9.59 Å². The van der Waals surface area contributed by atoms with Crippen molar-refractivity contribution in [1.29, 1.82) is 0 Å². The van der Waals surface area contributed by atoms with E-state index in [-0.39, 0.29) is 18.4 Å². The molecule has 1 aliphatic heterocycles. The summed E-state index contributed by atoms with van der Waals surface area (Å²) in [6.45, 7) is -0.0577. The number of anilines is 2. The predicted molar refractivity (Wildman–Crippen MR) is 95.7 cm³/mol. The highest BCUT2D eigenvalue weighted by Crippen LogP contribution is 2.37. The van der Waals surface area contributed by atoms with Crippen molar-refractivity contribution in [1.82, 2.24) is 0 Å². The Bertz CT molecular complexity index is 979. The Morgan fingerprint density at radius 1 is 1.00 bits per heavy atom. The summed E-state index contributed by atoms with van der Waals surface area (Å²) in [5, 5.41) is 5.11. The number of para-hydroxylation sites is 1. The molecule has 0 saturated carbocycles. The van der Waals surface area contributed by atoms with E-state index in [1.54, 1.807) is 30.3 Å². The molecule has 4 nitrogen and oxygen atoms in total. The maximum absolute atomic E-state index is 12.7. The van der Waals surface area contributed by atoms with Gasteiger partial charge in [0.05, 0.1) is 16.4 Å². The number of halogens is 1. The fraction of sp³-hybridized carbons (Fsp3) is 0.0526. The van der Waals surface area contributed by atoms with Gasteiger partial charge in [0, 0.05) is 10.9 Å². The molecule has 1 aliphatic rings. The highest BCUT2D eigenvalue weighted by atomic mass is 35.5. The van der Waals surface area contributed by atoms with Gasteiger partial charge >= 0.3 is 0 Å². The lowest BCUT2D eigenvalue weighted by Gasteiger charge is -2.17. The zero-order valence-electron chi connectivity index (χ0n) is 12.6. The SMILES string of the molecule is O=C(CN1C(=O)c2cccc3cccc1c23)Nc1ccccc1Cl. The molecule has 3 aromatic carbocycles. The first kappa shape index (κ1) is 14.7. The van der Waals surface area contributed by atoms with Crippen LogP contribution in [0.3, 0.4) is 0 Å². The molecule has 0 unspecified atom stereocenters. The van der Waals surface area contributed by atoms with Crippen molar-refractivity contribution in [3.05, 3.63) is 71.2 Å². The molecule has 0 aliphatic carbocycles. The molecule has 1 heterocycles.